The number of nitrogens with one attached hydrogen (secondary N) is 2. The van der Waals surface area contributed by atoms with Crippen LogP contribution >= 0.6 is 0 Å². The number of methoxy groups -OCH3 is 1. The van der Waals surface area contributed by atoms with Gasteiger partial charge in [0.05, 0.1) is 17.6 Å². The molecule has 1 saturated heterocycles. The summed E-state index contributed by atoms with van der Waals surface area (Å²) in [6.07, 6.45) is 4.86. The van der Waals surface area contributed by atoms with E-state index in [0.717, 1.165) is 38.6 Å². The van der Waals surface area contributed by atoms with Crippen LogP contribution in [-0.4, -0.2) is 58.5 Å². The molecule has 8 heteroatoms. The summed E-state index contributed by atoms with van der Waals surface area (Å²) in [5, 5.41) is 6.02. The molecule has 1 fully saturated rings. The van der Waals surface area contributed by atoms with Crippen molar-refractivity contribution in [3.8, 4) is 5.75 Å². The smallest absolute Gasteiger partial charge is 0.255 e. The summed E-state index contributed by atoms with van der Waals surface area (Å²) in [4.78, 5) is 12.7. The van der Waals surface area contributed by atoms with Gasteiger partial charge in [0.15, 0.2) is 0 Å². The minimum atomic E-state index is -3.61. The highest BCUT2D eigenvalue weighted by Gasteiger charge is 2.27. The van der Waals surface area contributed by atoms with Crippen molar-refractivity contribution in [1.29, 1.82) is 0 Å². The van der Waals surface area contributed by atoms with Crippen LogP contribution in [0.2, 0.25) is 0 Å². The van der Waals surface area contributed by atoms with Gasteiger partial charge in [0.2, 0.25) is 10.0 Å². The largest absolute Gasteiger partial charge is 0.496 e. The third-order valence-corrected chi connectivity index (χ3v) is 6.53. The van der Waals surface area contributed by atoms with Crippen LogP contribution in [0.4, 0.5) is 0 Å². The molecular weight excluding hydrogens is 366 g/mol. The lowest BCUT2D eigenvalue weighted by molar-refractivity contribution is 0.0950. The maximum absolute atomic E-state index is 13.0. The molecule has 1 heterocycles. The Labute approximate surface area is 162 Å². The Morgan fingerprint density at radius 1 is 1.11 bits per heavy atom. The number of carbonyl (C=O) groups excluding carboxylic acids is 1. The number of ether oxygens (including phenoxy) is 1. The molecule has 0 spiro atoms. The maximum Gasteiger partial charge on any atom is 0.255 e. The van der Waals surface area contributed by atoms with Crippen molar-refractivity contribution in [2.45, 2.75) is 43.9 Å². The van der Waals surface area contributed by atoms with Crippen molar-refractivity contribution in [1.82, 2.24) is 14.9 Å². The van der Waals surface area contributed by atoms with Crippen molar-refractivity contribution in [2.75, 3.05) is 39.8 Å². The molecule has 152 valence electrons. The lowest BCUT2D eigenvalue weighted by Gasteiger charge is -2.20. The fourth-order valence-electron chi connectivity index (χ4n) is 3.12. The van der Waals surface area contributed by atoms with E-state index in [2.05, 4.69) is 17.6 Å². The van der Waals surface area contributed by atoms with Gasteiger partial charge in [-0.05, 0) is 44.0 Å². The molecule has 0 radical (unpaired) electrons. The second-order valence-electron chi connectivity index (χ2n) is 6.69. The minimum Gasteiger partial charge on any atom is -0.496 e. The summed E-state index contributed by atoms with van der Waals surface area (Å²) < 4.78 is 32.8. The Bertz CT molecular complexity index is 714. The van der Waals surface area contributed by atoms with Gasteiger partial charge in [0.25, 0.3) is 5.91 Å². The first-order chi connectivity index (χ1) is 13.0. The molecule has 27 heavy (non-hydrogen) atoms. The Morgan fingerprint density at radius 2 is 1.81 bits per heavy atom. The Hall–Kier alpha value is -1.64. The van der Waals surface area contributed by atoms with Crippen molar-refractivity contribution in [2.24, 2.45) is 0 Å². The van der Waals surface area contributed by atoms with Gasteiger partial charge in [-0.15, -0.1) is 0 Å². The maximum atomic E-state index is 13.0. The third-order valence-electron chi connectivity index (χ3n) is 4.63. The van der Waals surface area contributed by atoms with Gasteiger partial charge < -0.3 is 15.4 Å². The molecule has 0 aromatic heterocycles. The number of hydrogen-bond acceptors (Lipinski definition) is 5. The molecule has 0 aliphatic carbocycles. The van der Waals surface area contributed by atoms with Gasteiger partial charge in [0.1, 0.15) is 5.75 Å². The summed E-state index contributed by atoms with van der Waals surface area (Å²) in [6, 6.07) is 4.49. The average molecular weight is 398 g/mol. The lowest BCUT2D eigenvalue weighted by Crippen LogP contribution is -2.33. The Morgan fingerprint density at radius 3 is 2.44 bits per heavy atom. The predicted molar refractivity (Wildman–Crippen MR) is 106 cm³/mol. The monoisotopic (exact) mass is 397 g/mol. The van der Waals surface area contributed by atoms with Gasteiger partial charge in [0, 0.05) is 26.2 Å². The first-order valence-corrected chi connectivity index (χ1v) is 11.1. The summed E-state index contributed by atoms with van der Waals surface area (Å²) in [7, 11) is -2.14. The standard InChI is InChI=1S/C19H31N3O4S/c1-3-10-20-11-12-21-19(23)17-15-16(8-9-18(17)26-2)27(24,25)22-13-6-4-5-7-14-22/h8-9,15,20H,3-7,10-14H2,1-2H3,(H,21,23). The number of sulfonamides is 1. The zero-order chi connectivity index (χ0) is 19.7. The van der Waals surface area contributed by atoms with Gasteiger partial charge in [-0.2, -0.15) is 4.31 Å². The van der Waals surface area contributed by atoms with Crippen LogP contribution < -0.4 is 15.4 Å². The summed E-state index contributed by atoms with van der Waals surface area (Å²) >= 11 is 0. The van der Waals surface area contributed by atoms with E-state index in [1.54, 1.807) is 6.07 Å². The van der Waals surface area contributed by atoms with E-state index in [0.29, 0.717) is 31.9 Å². The van der Waals surface area contributed by atoms with Crippen LogP contribution in [0.15, 0.2) is 23.1 Å². The molecule has 2 N–H and O–H groups in total. The van der Waals surface area contributed by atoms with E-state index >= 15 is 0 Å². The molecule has 0 bridgehead atoms. The lowest BCUT2D eigenvalue weighted by atomic mass is 10.2. The zero-order valence-electron chi connectivity index (χ0n) is 16.3. The molecule has 1 aromatic rings. The Balaban J connectivity index is 2.16. The first-order valence-electron chi connectivity index (χ1n) is 9.67. The quantitative estimate of drug-likeness (QED) is 0.622. The van der Waals surface area contributed by atoms with E-state index in [4.69, 9.17) is 4.74 Å². The second-order valence-corrected chi connectivity index (χ2v) is 8.62. The van der Waals surface area contributed by atoms with Gasteiger partial charge >= 0.3 is 0 Å². The highest BCUT2D eigenvalue weighted by Crippen LogP contribution is 2.26. The zero-order valence-corrected chi connectivity index (χ0v) is 17.1. The molecular formula is C19H31N3O4S. The van der Waals surface area contributed by atoms with Crippen LogP contribution in [0, 0.1) is 0 Å². The molecule has 1 aromatic carbocycles. The van der Waals surface area contributed by atoms with Crippen LogP contribution in [-0.2, 0) is 10.0 Å². The van der Waals surface area contributed by atoms with Crippen molar-refractivity contribution in [3.05, 3.63) is 23.8 Å². The first kappa shape index (κ1) is 21.7. The van der Waals surface area contributed by atoms with E-state index in [-0.39, 0.29) is 16.4 Å². The number of rotatable bonds is 9. The molecule has 2 rings (SSSR count). The van der Waals surface area contributed by atoms with Gasteiger partial charge in [-0.1, -0.05) is 19.8 Å². The SMILES string of the molecule is CCCNCCNC(=O)c1cc(S(=O)(=O)N2CCCCCC2)ccc1OC. The van der Waals surface area contributed by atoms with Gasteiger partial charge in [-0.3, -0.25) is 4.79 Å². The van der Waals surface area contributed by atoms with Crippen molar-refractivity contribution in [3.63, 3.8) is 0 Å². The molecule has 1 aliphatic rings. The fourth-order valence-corrected chi connectivity index (χ4v) is 4.66. The normalized spacial score (nSPS) is 15.9. The van der Waals surface area contributed by atoms with Gasteiger partial charge in [-0.25, -0.2) is 8.42 Å². The molecule has 1 aliphatic heterocycles. The molecule has 7 nitrogen and oxygen atoms in total. The predicted octanol–water partition coefficient (Wildman–Crippen LogP) is 1.99. The molecule has 0 atom stereocenters. The molecule has 0 saturated carbocycles. The summed E-state index contributed by atoms with van der Waals surface area (Å²) in [6.45, 7) is 5.15. The van der Waals surface area contributed by atoms with E-state index in [1.165, 1.54) is 23.5 Å². The third kappa shape index (κ3) is 5.92. The van der Waals surface area contributed by atoms with Crippen molar-refractivity contribution < 1.29 is 17.9 Å². The highest BCUT2D eigenvalue weighted by molar-refractivity contribution is 7.89. The van der Waals surface area contributed by atoms with E-state index in [9.17, 15) is 13.2 Å². The van der Waals surface area contributed by atoms with Crippen molar-refractivity contribution >= 4 is 15.9 Å². The van der Waals surface area contributed by atoms with Crippen LogP contribution in [0.3, 0.4) is 0 Å². The Kier molecular flexibility index (Phi) is 8.53. The van der Waals surface area contributed by atoms with E-state index < -0.39 is 10.0 Å². The second kappa shape index (κ2) is 10.6. The van der Waals surface area contributed by atoms with E-state index in [1.807, 2.05) is 0 Å². The average Bonchev–Trinajstić information content (AvgIpc) is 2.97. The summed E-state index contributed by atoms with van der Waals surface area (Å²) in [5.41, 5.74) is 0.240. The minimum absolute atomic E-state index is 0.138. The van der Waals surface area contributed by atoms with Crippen LogP contribution in [0.25, 0.3) is 0 Å². The number of hydrogen-bond donors (Lipinski definition) is 2. The number of carbonyl (C=O) groups is 1. The summed E-state index contributed by atoms with van der Waals surface area (Å²) in [5.74, 6) is 0.0295. The molecule has 1 amide bonds. The fraction of sp³-hybridized carbons (Fsp3) is 0.632. The number of benzene rings is 1. The molecule has 0 unspecified atom stereocenters. The van der Waals surface area contributed by atoms with Crippen LogP contribution in [0.1, 0.15) is 49.4 Å². The van der Waals surface area contributed by atoms with Crippen LogP contribution in [0.5, 0.6) is 5.75 Å². The number of nitrogens with zero attached hydrogens (tertiary/aromatic N) is 1. The highest BCUT2D eigenvalue weighted by atomic mass is 32.2. The topological polar surface area (TPSA) is 87.7 Å². The number of amides is 1.